The van der Waals surface area contributed by atoms with Crippen LogP contribution >= 0.6 is 15.9 Å². The van der Waals surface area contributed by atoms with E-state index in [1.54, 1.807) is 24.5 Å². The summed E-state index contributed by atoms with van der Waals surface area (Å²) >= 11 is 3.40. The number of aryl methyl sites for hydroxylation is 1. The number of aromatic carboxylic acids is 1. The molecule has 1 aromatic carbocycles. The van der Waals surface area contributed by atoms with Crippen molar-refractivity contribution in [3.63, 3.8) is 0 Å². The predicted molar refractivity (Wildman–Crippen MR) is 83.1 cm³/mol. The SMILES string of the molecule is O=C(O)c1ccc(Nc2ncnc3c2CCCC3)c(Br)c1. The summed E-state index contributed by atoms with van der Waals surface area (Å²) in [6.07, 6.45) is 5.86. The van der Waals surface area contributed by atoms with Gasteiger partial charge in [0.15, 0.2) is 0 Å². The van der Waals surface area contributed by atoms with E-state index in [1.807, 2.05) is 0 Å². The van der Waals surface area contributed by atoms with Crippen LogP contribution in [-0.2, 0) is 12.8 Å². The van der Waals surface area contributed by atoms with Crippen molar-refractivity contribution in [3.8, 4) is 0 Å². The maximum Gasteiger partial charge on any atom is 0.335 e. The number of carbonyl (C=O) groups is 1. The zero-order valence-corrected chi connectivity index (χ0v) is 12.9. The largest absolute Gasteiger partial charge is 0.478 e. The third-order valence-electron chi connectivity index (χ3n) is 3.59. The molecule has 0 fully saturated rings. The first kappa shape index (κ1) is 14.0. The minimum Gasteiger partial charge on any atom is -0.478 e. The number of benzene rings is 1. The minimum atomic E-state index is -0.943. The minimum absolute atomic E-state index is 0.247. The van der Waals surface area contributed by atoms with Gasteiger partial charge in [-0.25, -0.2) is 14.8 Å². The van der Waals surface area contributed by atoms with Crippen LogP contribution in [0.4, 0.5) is 11.5 Å². The Morgan fingerprint density at radius 3 is 2.81 bits per heavy atom. The lowest BCUT2D eigenvalue weighted by molar-refractivity contribution is 0.0697. The Bertz CT molecular complexity index is 703. The van der Waals surface area contributed by atoms with Gasteiger partial charge in [-0.05, 0) is 59.8 Å². The fraction of sp³-hybridized carbons (Fsp3) is 0.267. The van der Waals surface area contributed by atoms with Crippen LogP contribution in [-0.4, -0.2) is 21.0 Å². The number of fused-ring (bicyclic) bond motifs is 1. The van der Waals surface area contributed by atoms with Crippen molar-refractivity contribution in [2.75, 3.05) is 5.32 Å². The summed E-state index contributed by atoms with van der Waals surface area (Å²) in [5, 5.41) is 12.3. The van der Waals surface area contributed by atoms with E-state index in [2.05, 4.69) is 31.2 Å². The van der Waals surface area contributed by atoms with Gasteiger partial charge >= 0.3 is 5.97 Å². The lowest BCUT2D eigenvalue weighted by atomic mass is 9.96. The first-order chi connectivity index (χ1) is 10.1. The van der Waals surface area contributed by atoms with E-state index in [0.717, 1.165) is 42.0 Å². The molecule has 6 heteroatoms. The molecule has 21 heavy (non-hydrogen) atoms. The molecule has 0 saturated carbocycles. The Balaban J connectivity index is 1.92. The van der Waals surface area contributed by atoms with Crippen LogP contribution in [0.25, 0.3) is 0 Å². The normalized spacial score (nSPS) is 13.6. The molecule has 3 rings (SSSR count). The summed E-state index contributed by atoms with van der Waals surface area (Å²) in [6.45, 7) is 0. The van der Waals surface area contributed by atoms with E-state index >= 15 is 0 Å². The van der Waals surface area contributed by atoms with Crippen molar-refractivity contribution < 1.29 is 9.90 Å². The molecule has 0 amide bonds. The molecule has 1 aliphatic carbocycles. The summed E-state index contributed by atoms with van der Waals surface area (Å²) < 4.78 is 0.700. The number of nitrogens with zero attached hydrogens (tertiary/aromatic N) is 2. The Morgan fingerprint density at radius 2 is 2.05 bits per heavy atom. The van der Waals surface area contributed by atoms with Gasteiger partial charge in [0, 0.05) is 15.7 Å². The van der Waals surface area contributed by atoms with Crippen LogP contribution in [0, 0.1) is 0 Å². The third-order valence-corrected chi connectivity index (χ3v) is 4.25. The number of hydrogen-bond acceptors (Lipinski definition) is 4. The van der Waals surface area contributed by atoms with E-state index in [9.17, 15) is 4.79 Å². The monoisotopic (exact) mass is 347 g/mol. The topological polar surface area (TPSA) is 75.1 Å². The van der Waals surface area contributed by atoms with Gasteiger partial charge in [-0.3, -0.25) is 0 Å². The fourth-order valence-electron chi connectivity index (χ4n) is 2.51. The molecule has 0 unspecified atom stereocenters. The molecule has 0 spiro atoms. The molecular formula is C15H14BrN3O2. The second-order valence-electron chi connectivity index (χ2n) is 4.98. The van der Waals surface area contributed by atoms with Crippen molar-refractivity contribution >= 4 is 33.4 Å². The number of carboxylic acids is 1. The molecule has 2 aromatic rings. The van der Waals surface area contributed by atoms with Crippen LogP contribution in [0.3, 0.4) is 0 Å². The highest BCUT2D eigenvalue weighted by Crippen LogP contribution is 2.30. The second-order valence-corrected chi connectivity index (χ2v) is 5.83. The molecule has 0 atom stereocenters. The van der Waals surface area contributed by atoms with Crippen molar-refractivity contribution in [2.24, 2.45) is 0 Å². The molecule has 5 nitrogen and oxygen atoms in total. The number of aromatic nitrogens is 2. The van der Waals surface area contributed by atoms with E-state index in [0.29, 0.717) is 4.47 Å². The average Bonchev–Trinajstić information content (AvgIpc) is 2.49. The number of nitrogens with one attached hydrogen (secondary N) is 1. The van der Waals surface area contributed by atoms with E-state index < -0.39 is 5.97 Å². The van der Waals surface area contributed by atoms with Crippen molar-refractivity contribution in [1.82, 2.24) is 9.97 Å². The molecule has 2 N–H and O–H groups in total. The number of anilines is 2. The van der Waals surface area contributed by atoms with Gasteiger partial charge in [-0.1, -0.05) is 0 Å². The van der Waals surface area contributed by atoms with Crippen LogP contribution in [0.1, 0.15) is 34.5 Å². The van der Waals surface area contributed by atoms with Crippen LogP contribution in [0.2, 0.25) is 0 Å². The Hall–Kier alpha value is -1.95. The summed E-state index contributed by atoms with van der Waals surface area (Å²) in [4.78, 5) is 19.6. The third kappa shape index (κ3) is 2.90. The summed E-state index contributed by atoms with van der Waals surface area (Å²) in [7, 11) is 0. The smallest absolute Gasteiger partial charge is 0.335 e. The fourth-order valence-corrected chi connectivity index (χ4v) is 2.98. The lowest BCUT2D eigenvalue weighted by Gasteiger charge is -2.18. The van der Waals surface area contributed by atoms with E-state index in [-0.39, 0.29) is 5.56 Å². The first-order valence-corrected chi connectivity index (χ1v) is 7.57. The van der Waals surface area contributed by atoms with Gasteiger partial charge in [0.2, 0.25) is 0 Å². The Kier molecular flexibility index (Phi) is 3.88. The maximum atomic E-state index is 11.0. The van der Waals surface area contributed by atoms with Crippen LogP contribution in [0.15, 0.2) is 29.0 Å². The summed E-state index contributed by atoms with van der Waals surface area (Å²) in [6, 6.07) is 4.90. The standard InChI is InChI=1S/C15H14BrN3O2/c16-11-7-9(15(20)21)5-6-13(11)19-14-10-3-1-2-4-12(10)17-8-18-14/h5-8H,1-4H2,(H,20,21)(H,17,18,19). The van der Waals surface area contributed by atoms with Gasteiger partial charge in [0.1, 0.15) is 12.1 Å². The summed E-state index contributed by atoms with van der Waals surface area (Å²) in [5.74, 6) is -0.134. The Morgan fingerprint density at radius 1 is 1.24 bits per heavy atom. The van der Waals surface area contributed by atoms with Crippen LogP contribution < -0.4 is 5.32 Å². The average molecular weight is 348 g/mol. The molecule has 0 bridgehead atoms. The number of carboxylic acid groups (broad SMARTS) is 1. The summed E-state index contributed by atoms with van der Waals surface area (Å²) in [5.41, 5.74) is 3.32. The van der Waals surface area contributed by atoms with Crippen molar-refractivity contribution in [1.29, 1.82) is 0 Å². The Labute approximate surface area is 130 Å². The van der Waals surface area contributed by atoms with Crippen molar-refractivity contribution in [2.45, 2.75) is 25.7 Å². The van der Waals surface area contributed by atoms with Crippen LogP contribution in [0.5, 0.6) is 0 Å². The zero-order chi connectivity index (χ0) is 14.8. The molecule has 0 radical (unpaired) electrons. The van der Waals surface area contributed by atoms with Gasteiger partial charge in [-0.15, -0.1) is 0 Å². The van der Waals surface area contributed by atoms with Crippen molar-refractivity contribution in [3.05, 3.63) is 45.8 Å². The van der Waals surface area contributed by atoms with E-state index in [1.165, 1.54) is 6.42 Å². The van der Waals surface area contributed by atoms with Gasteiger partial charge in [0.05, 0.1) is 11.3 Å². The highest BCUT2D eigenvalue weighted by molar-refractivity contribution is 9.10. The number of hydrogen-bond donors (Lipinski definition) is 2. The van der Waals surface area contributed by atoms with Gasteiger partial charge in [-0.2, -0.15) is 0 Å². The molecule has 1 aliphatic rings. The van der Waals surface area contributed by atoms with E-state index in [4.69, 9.17) is 5.11 Å². The quantitative estimate of drug-likeness (QED) is 0.887. The molecule has 108 valence electrons. The zero-order valence-electron chi connectivity index (χ0n) is 11.3. The highest BCUT2D eigenvalue weighted by atomic mass is 79.9. The second kappa shape index (κ2) is 5.81. The maximum absolute atomic E-state index is 11.0. The molecule has 0 saturated heterocycles. The lowest BCUT2D eigenvalue weighted by Crippen LogP contribution is -2.10. The van der Waals surface area contributed by atoms with Gasteiger partial charge < -0.3 is 10.4 Å². The predicted octanol–water partition coefficient (Wildman–Crippen LogP) is 3.56. The molecule has 1 heterocycles. The number of halogens is 1. The van der Waals surface area contributed by atoms with Gasteiger partial charge in [0.25, 0.3) is 0 Å². The molecule has 0 aliphatic heterocycles. The highest BCUT2D eigenvalue weighted by Gasteiger charge is 2.16. The molecule has 1 aromatic heterocycles. The first-order valence-electron chi connectivity index (χ1n) is 6.78. The number of rotatable bonds is 3. The molecular weight excluding hydrogens is 334 g/mol.